The Morgan fingerprint density at radius 2 is 1.50 bits per heavy atom. The van der Waals surface area contributed by atoms with Gasteiger partial charge in [-0.25, -0.2) is 0 Å². The summed E-state index contributed by atoms with van der Waals surface area (Å²) >= 11 is 0. The maximum Gasteiger partial charge on any atom is 0.135 e. The topological polar surface area (TPSA) is 13.1 Å². The molecule has 0 N–H and O–H groups in total. The van der Waals surface area contributed by atoms with Crippen LogP contribution in [0.2, 0.25) is 0 Å². The van der Waals surface area contributed by atoms with Crippen LogP contribution in [-0.2, 0) is 6.42 Å². The van der Waals surface area contributed by atoms with Gasteiger partial charge < -0.3 is 4.42 Å². The SMILES string of the molecule is Cc1cc(C)cc(Cc2cccc3oc4ccccc4c23)c1. The van der Waals surface area contributed by atoms with Crippen molar-refractivity contribution < 1.29 is 4.42 Å². The smallest absolute Gasteiger partial charge is 0.135 e. The second-order valence-corrected chi connectivity index (χ2v) is 6.06. The van der Waals surface area contributed by atoms with Crippen molar-refractivity contribution in [1.29, 1.82) is 0 Å². The molecule has 4 rings (SSSR count). The van der Waals surface area contributed by atoms with E-state index in [9.17, 15) is 0 Å². The predicted molar refractivity (Wildman–Crippen MR) is 92.4 cm³/mol. The fourth-order valence-electron chi connectivity index (χ4n) is 3.39. The second-order valence-electron chi connectivity index (χ2n) is 6.06. The summed E-state index contributed by atoms with van der Waals surface area (Å²) in [5, 5.41) is 2.45. The van der Waals surface area contributed by atoms with Crippen LogP contribution >= 0.6 is 0 Å². The molecule has 3 aromatic carbocycles. The van der Waals surface area contributed by atoms with Gasteiger partial charge in [-0.05, 0) is 43.5 Å². The van der Waals surface area contributed by atoms with Crippen molar-refractivity contribution >= 4 is 21.9 Å². The molecule has 0 bridgehead atoms. The molecule has 0 atom stereocenters. The monoisotopic (exact) mass is 286 g/mol. The summed E-state index contributed by atoms with van der Waals surface area (Å²) in [6.45, 7) is 4.31. The first-order valence-electron chi connectivity index (χ1n) is 7.67. The van der Waals surface area contributed by atoms with Gasteiger partial charge in [-0.1, -0.05) is 59.7 Å². The van der Waals surface area contributed by atoms with Crippen LogP contribution in [0, 0.1) is 13.8 Å². The van der Waals surface area contributed by atoms with Gasteiger partial charge in [0.25, 0.3) is 0 Å². The highest BCUT2D eigenvalue weighted by molar-refractivity contribution is 6.06. The van der Waals surface area contributed by atoms with E-state index in [0.717, 1.165) is 17.6 Å². The molecule has 0 radical (unpaired) electrons. The summed E-state index contributed by atoms with van der Waals surface area (Å²) in [5.74, 6) is 0. The van der Waals surface area contributed by atoms with Gasteiger partial charge in [0, 0.05) is 10.8 Å². The summed E-state index contributed by atoms with van der Waals surface area (Å²) in [5.41, 5.74) is 7.26. The molecule has 22 heavy (non-hydrogen) atoms. The Kier molecular flexibility index (Phi) is 3.00. The summed E-state index contributed by atoms with van der Waals surface area (Å²) in [6.07, 6.45) is 0.934. The summed E-state index contributed by atoms with van der Waals surface area (Å²) in [6, 6.07) is 21.4. The number of benzene rings is 3. The van der Waals surface area contributed by atoms with E-state index < -0.39 is 0 Å². The highest BCUT2D eigenvalue weighted by atomic mass is 16.3. The Labute approximate surface area is 130 Å². The summed E-state index contributed by atoms with van der Waals surface area (Å²) in [4.78, 5) is 0. The van der Waals surface area contributed by atoms with E-state index in [1.807, 2.05) is 12.1 Å². The van der Waals surface area contributed by atoms with E-state index in [1.165, 1.54) is 33.0 Å². The minimum atomic E-state index is 0.934. The standard InChI is InChI=1S/C21H18O/c1-14-10-15(2)12-16(11-14)13-17-6-5-9-20-21(17)18-7-3-4-8-19(18)22-20/h3-12H,13H2,1-2H3. The minimum Gasteiger partial charge on any atom is -0.456 e. The van der Waals surface area contributed by atoms with Crippen molar-refractivity contribution in [1.82, 2.24) is 0 Å². The van der Waals surface area contributed by atoms with Crippen molar-refractivity contribution in [2.45, 2.75) is 20.3 Å². The van der Waals surface area contributed by atoms with E-state index in [2.05, 4.69) is 62.4 Å². The summed E-state index contributed by atoms with van der Waals surface area (Å²) < 4.78 is 5.98. The van der Waals surface area contributed by atoms with Crippen LogP contribution in [0.25, 0.3) is 21.9 Å². The molecule has 1 aromatic heterocycles. The van der Waals surface area contributed by atoms with Crippen molar-refractivity contribution in [2.75, 3.05) is 0 Å². The van der Waals surface area contributed by atoms with E-state index in [-0.39, 0.29) is 0 Å². The number of hydrogen-bond acceptors (Lipinski definition) is 1. The fourth-order valence-corrected chi connectivity index (χ4v) is 3.39. The molecule has 0 aliphatic heterocycles. The van der Waals surface area contributed by atoms with Gasteiger partial charge in [-0.2, -0.15) is 0 Å². The van der Waals surface area contributed by atoms with Crippen LogP contribution in [0.3, 0.4) is 0 Å². The van der Waals surface area contributed by atoms with Crippen LogP contribution in [0.4, 0.5) is 0 Å². The quantitative estimate of drug-likeness (QED) is 0.454. The molecule has 0 aliphatic rings. The number of aryl methyl sites for hydroxylation is 2. The number of furan rings is 1. The van der Waals surface area contributed by atoms with Crippen LogP contribution in [-0.4, -0.2) is 0 Å². The minimum absolute atomic E-state index is 0.934. The van der Waals surface area contributed by atoms with Gasteiger partial charge >= 0.3 is 0 Å². The fraction of sp³-hybridized carbons (Fsp3) is 0.143. The molecule has 0 spiro atoms. The van der Waals surface area contributed by atoms with Gasteiger partial charge in [-0.15, -0.1) is 0 Å². The average Bonchev–Trinajstić information content (AvgIpc) is 2.85. The van der Waals surface area contributed by atoms with Gasteiger partial charge in [0.05, 0.1) is 0 Å². The Morgan fingerprint density at radius 3 is 2.32 bits per heavy atom. The van der Waals surface area contributed by atoms with Crippen molar-refractivity contribution in [2.24, 2.45) is 0 Å². The molecule has 0 unspecified atom stereocenters. The third kappa shape index (κ3) is 2.19. The third-order valence-electron chi connectivity index (χ3n) is 4.16. The van der Waals surface area contributed by atoms with Crippen LogP contribution in [0.5, 0.6) is 0 Å². The second kappa shape index (κ2) is 5.03. The summed E-state index contributed by atoms with van der Waals surface area (Å²) in [7, 11) is 0. The first-order valence-corrected chi connectivity index (χ1v) is 7.67. The Morgan fingerprint density at radius 1 is 0.773 bits per heavy atom. The van der Waals surface area contributed by atoms with E-state index in [0.29, 0.717) is 0 Å². The third-order valence-corrected chi connectivity index (χ3v) is 4.16. The normalized spacial score (nSPS) is 11.4. The number of hydrogen-bond donors (Lipinski definition) is 0. The molecule has 0 aliphatic carbocycles. The average molecular weight is 286 g/mol. The molecule has 1 heteroatoms. The predicted octanol–water partition coefficient (Wildman–Crippen LogP) is 5.79. The van der Waals surface area contributed by atoms with E-state index in [1.54, 1.807) is 0 Å². The zero-order chi connectivity index (χ0) is 15.1. The largest absolute Gasteiger partial charge is 0.456 e. The zero-order valence-electron chi connectivity index (χ0n) is 12.9. The lowest BCUT2D eigenvalue weighted by atomic mass is 9.97. The Bertz CT molecular complexity index is 955. The Hall–Kier alpha value is -2.54. The molecule has 0 amide bonds. The van der Waals surface area contributed by atoms with Crippen molar-refractivity contribution in [3.63, 3.8) is 0 Å². The first-order chi connectivity index (χ1) is 10.7. The van der Waals surface area contributed by atoms with Gasteiger partial charge in [0.15, 0.2) is 0 Å². The lowest BCUT2D eigenvalue weighted by Crippen LogP contribution is -1.91. The lowest BCUT2D eigenvalue weighted by Gasteiger charge is -2.07. The molecule has 1 nitrogen and oxygen atoms in total. The molecule has 0 saturated heterocycles. The van der Waals surface area contributed by atoms with E-state index in [4.69, 9.17) is 4.42 Å². The van der Waals surface area contributed by atoms with Crippen LogP contribution < -0.4 is 0 Å². The Balaban J connectivity index is 1.91. The highest BCUT2D eigenvalue weighted by Gasteiger charge is 2.11. The zero-order valence-corrected chi connectivity index (χ0v) is 12.9. The number of fused-ring (bicyclic) bond motifs is 3. The lowest BCUT2D eigenvalue weighted by molar-refractivity contribution is 0.668. The van der Waals surface area contributed by atoms with Crippen molar-refractivity contribution in [3.05, 3.63) is 82.9 Å². The van der Waals surface area contributed by atoms with E-state index >= 15 is 0 Å². The molecular weight excluding hydrogens is 268 g/mol. The number of para-hydroxylation sites is 1. The molecule has 1 heterocycles. The van der Waals surface area contributed by atoms with Gasteiger partial charge in [0.1, 0.15) is 11.2 Å². The molecule has 4 aromatic rings. The van der Waals surface area contributed by atoms with Crippen molar-refractivity contribution in [3.8, 4) is 0 Å². The first kappa shape index (κ1) is 13.1. The molecule has 0 fully saturated rings. The maximum absolute atomic E-state index is 5.98. The number of rotatable bonds is 2. The highest BCUT2D eigenvalue weighted by Crippen LogP contribution is 2.32. The van der Waals surface area contributed by atoms with Crippen LogP contribution in [0.15, 0.2) is 65.1 Å². The maximum atomic E-state index is 5.98. The molecule has 108 valence electrons. The molecular formula is C21H18O. The molecule has 0 saturated carbocycles. The van der Waals surface area contributed by atoms with Crippen LogP contribution in [0.1, 0.15) is 22.3 Å². The van der Waals surface area contributed by atoms with Gasteiger partial charge in [-0.3, -0.25) is 0 Å². The van der Waals surface area contributed by atoms with Gasteiger partial charge in [0.2, 0.25) is 0 Å².